The lowest BCUT2D eigenvalue weighted by atomic mass is 10.0. The van der Waals surface area contributed by atoms with Crippen LogP contribution >= 0.6 is 0 Å². The van der Waals surface area contributed by atoms with E-state index < -0.39 is 0 Å². The van der Waals surface area contributed by atoms with Crippen LogP contribution in [0.3, 0.4) is 0 Å². The molecule has 0 radical (unpaired) electrons. The summed E-state index contributed by atoms with van der Waals surface area (Å²) in [5, 5.41) is 0. The number of ketones is 1. The van der Waals surface area contributed by atoms with Gasteiger partial charge in [0, 0.05) is 30.4 Å². The topological polar surface area (TPSA) is 20.3 Å². The van der Waals surface area contributed by atoms with E-state index in [1.165, 1.54) is 5.56 Å². The number of allylic oxidation sites excluding steroid dienone is 4. The zero-order chi connectivity index (χ0) is 16.5. The fourth-order valence-electron chi connectivity index (χ4n) is 2.34. The van der Waals surface area contributed by atoms with Crippen LogP contribution in [0.15, 0.2) is 47.7 Å². The van der Waals surface area contributed by atoms with Crippen molar-refractivity contribution < 1.29 is 4.79 Å². The quantitative estimate of drug-likeness (QED) is 0.480. The third-order valence-electron chi connectivity index (χ3n) is 3.92. The molecule has 0 saturated carbocycles. The fraction of sp³-hybridized carbons (Fsp3) is 0.450. The van der Waals surface area contributed by atoms with Crippen LogP contribution in [0.4, 0.5) is 5.69 Å². The van der Waals surface area contributed by atoms with E-state index in [4.69, 9.17) is 0 Å². The Kier molecular flexibility index (Phi) is 7.65. The van der Waals surface area contributed by atoms with Crippen molar-refractivity contribution in [2.45, 2.75) is 53.4 Å². The number of Topliss-reactive ketones (excluding diaryl/α,β-unsaturated/α-hetero) is 1. The van der Waals surface area contributed by atoms with E-state index in [1.54, 1.807) is 0 Å². The number of anilines is 1. The summed E-state index contributed by atoms with van der Waals surface area (Å²) in [6.07, 6.45) is 7.49. The maximum Gasteiger partial charge on any atom is 0.164 e. The minimum atomic E-state index is 0.224. The van der Waals surface area contributed by atoms with E-state index in [0.29, 0.717) is 6.42 Å². The average molecular weight is 299 g/mol. The Balaban J connectivity index is 3.13. The van der Waals surface area contributed by atoms with Crippen molar-refractivity contribution in [2.75, 3.05) is 11.9 Å². The fourth-order valence-corrected chi connectivity index (χ4v) is 2.34. The first-order valence-corrected chi connectivity index (χ1v) is 8.28. The molecule has 0 aromatic heterocycles. The highest BCUT2D eigenvalue weighted by molar-refractivity contribution is 5.99. The summed E-state index contributed by atoms with van der Waals surface area (Å²) in [5.74, 6) is 0.224. The highest BCUT2D eigenvalue weighted by atomic mass is 16.1. The third-order valence-corrected chi connectivity index (χ3v) is 3.92. The molecule has 22 heavy (non-hydrogen) atoms. The summed E-state index contributed by atoms with van der Waals surface area (Å²) in [5.41, 5.74) is 4.27. The van der Waals surface area contributed by atoms with Crippen LogP contribution in [-0.2, 0) is 11.2 Å². The van der Waals surface area contributed by atoms with E-state index >= 15 is 0 Å². The number of hydrogen-bond acceptors (Lipinski definition) is 2. The van der Waals surface area contributed by atoms with Crippen molar-refractivity contribution in [1.82, 2.24) is 0 Å². The van der Waals surface area contributed by atoms with Crippen molar-refractivity contribution in [1.29, 1.82) is 0 Å². The molecule has 0 N–H and O–H groups in total. The lowest BCUT2D eigenvalue weighted by Gasteiger charge is -2.22. The first kappa shape index (κ1) is 18.2. The molecule has 0 spiro atoms. The molecule has 2 nitrogen and oxygen atoms in total. The van der Waals surface area contributed by atoms with Crippen LogP contribution in [-0.4, -0.2) is 12.8 Å². The largest absolute Gasteiger partial charge is 0.348 e. The molecule has 0 aliphatic carbocycles. The van der Waals surface area contributed by atoms with Gasteiger partial charge < -0.3 is 4.90 Å². The van der Waals surface area contributed by atoms with Gasteiger partial charge in [0.25, 0.3) is 0 Å². The first-order valence-electron chi connectivity index (χ1n) is 8.28. The second-order valence-corrected chi connectivity index (χ2v) is 5.56. The highest BCUT2D eigenvalue weighted by Gasteiger charge is 2.13. The normalized spacial score (nSPS) is 12.4. The third kappa shape index (κ3) is 4.87. The summed E-state index contributed by atoms with van der Waals surface area (Å²) in [6.45, 7) is 8.31. The average Bonchev–Trinajstić information content (AvgIpc) is 2.54. The van der Waals surface area contributed by atoms with Crippen molar-refractivity contribution in [2.24, 2.45) is 0 Å². The molecule has 2 heteroatoms. The Labute approximate surface area is 135 Å². The molecule has 0 heterocycles. The van der Waals surface area contributed by atoms with Gasteiger partial charge in [0.1, 0.15) is 0 Å². The standard InChI is InChI=1S/C20H29NO/c1-6-9-11-19(20(22)10-7-2)16(4)21(5)18-14-12-17(8-3)13-15-18/h9,11-15H,6-8,10H2,1-5H3/b11-9+,19-16+. The molecular weight excluding hydrogens is 270 g/mol. The number of carbonyl (C=O) groups is 1. The van der Waals surface area contributed by atoms with Gasteiger partial charge in [0.05, 0.1) is 0 Å². The van der Waals surface area contributed by atoms with Gasteiger partial charge >= 0.3 is 0 Å². The molecule has 0 atom stereocenters. The van der Waals surface area contributed by atoms with E-state index in [1.807, 2.05) is 27.0 Å². The second-order valence-electron chi connectivity index (χ2n) is 5.56. The van der Waals surface area contributed by atoms with Gasteiger partial charge in [-0.3, -0.25) is 4.79 Å². The number of aryl methyl sites for hydroxylation is 1. The van der Waals surface area contributed by atoms with Crippen LogP contribution in [0.1, 0.15) is 52.5 Å². The Bertz CT molecular complexity index is 537. The SMILES string of the molecule is CC/C=C/C(C(=O)CCC)=C(/C)N(C)c1ccc(CC)cc1. The van der Waals surface area contributed by atoms with Crippen LogP contribution < -0.4 is 4.90 Å². The monoisotopic (exact) mass is 299 g/mol. The number of hydrogen-bond donors (Lipinski definition) is 0. The van der Waals surface area contributed by atoms with Gasteiger partial charge in [0.2, 0.25) is 0 Å². The molecule has 0 bridgehead atoms. The van der Waals surface area contributed by atoms with Gasteiger partial charge in [-0.1, -0.05) is 45.1 Å². The van der Waals surface area contributed by atoms with Crippen LogP contribution in [0, 0.1) is 0 Å². The lowest BCUT2D eigenvalue weighted by Crippen LogP contribution is -2.18. The summed E-state index contributed by atoms with van der Waals surface area (Å²) in [7, 11) is 2.02. The molecule has 1 rings (SSSR count). The minimum absolute atomic E-state index is 0.224. The maximum absolute atomic E-state index is 12.4. The summed E-state index contributed by atoms with van der Waals surface area (Å²) >= 11 is 0. The Hall–Kier alpha value is -1.83. The van der Waals surface area contributed by atoms with Gasteiger partial charge in [-0.2, -0.15) is 0 Å². The Morgan fingerprint density at radius 3 is 2.27 bits per heavy atom. The molecule has 0 amide bonds. The molecule has 0 aliphatic rings. The predicted octanol–water partition coefficient (Wildman–Crippen LogP) is 5.29. The van der Waals surface area contributed by atoms with Gasteiger partial charge in [-0.15, -0.1) is 0 Å². The summed E-state index contributed by atoms with van der Waals surface area (Å²) in [6, 6.07) is 8.53. The number of carbonyl (C=O) groups excluding carboxylic acids is 1. The van der Waals surface area contributed by atoms with E-state index in [2.05, 4.69) is 49.1 Å². The maximum atomic E-state index is 12.4. The van der Waals surface area contributed by atoms with Crippen molar-refractivity contribution in [3.05, 3.63) is 53.3 Å². The van der Waals surface area contributed by atoms with Gasteiger partial charge in [-0.05, 0) is 43.9 Å². The van der Waals surface area contributed by atoms with Gasteiger partial charge in [0.15, 0.2) is 5.78 Å². The van der Waals surface area contributed by atoms with Crippen molar-refractivity contribution >= 4 is 11.5 Å². The van der Waals surface area contributed by atoms with Crippen LogP contribution in [0.5, 0.6) is 0 Å². The van der Waals surface area contributed by atoms with Crippen LogP contribution in [0.2, 0.25) is 0 Å². The molecule has 0 unspecified atom stereocenters. The van der Waals surface area contributed by atoms with Gasteiger partial charge in [-0.25, -0.2) is 0 Å². The molecule has 0 aliphatic heterocycles. The minimum Gasteiger partial charge on any atom is -0.348 e. The smallest absolute Gasteiger partial charge is 0.164 e. The van der Waals surface area contributed by atoms with Crippen molar-refractivity contribution in [3.8, 4) is 0 Å². The van der Waals surface area contributed by atoms with Crippen molar-refractivity contribution in [3.63, 3.8) is 0 Å². The zero-order valence-corrected chi connectivity index (χ0v) is 14.6. The Morgan fingerprint density at radius 1 is 1.14 bits per heavy atom. The molecule has 0 saturated heterocycles. The van der Waals surface area contributed by atoms with E-state index in [9.17, 15) is 4.79 Å². The van der Waals surface area contributed by atoms with Crippen LogP contribution in [0.25, 0.3) is 0 Å². The molecular formula is C20H29NO. The number of benzene rings is 1. The first-order chi connectivity index (χ1) is 10.5. The number of rotatable bonds is 8. The zero-order valence-electron chi connectivity index (χ0n) is 14.6. The molecule has 1 aromatic rings. The molecule has 120 valence electrons. The lowest BCUT2D eigenvalue weighted by molar-refractivity contribution is -0.115. The van der Waals surface area contributed by atoms with E-state index in [-0.39, 0.29) is 5.78 Å². The second kappa shape index (κ2) is 9.24. The number of nitrogens with zero attached hydrogens (tertiary/aromatic N) is 1. The molecule has 1 aromatic carbocycles. The highest BCUT2D eigenvalue weighted by Crippen LogP contribution is 2.22. The predicted molar refractivity (Wildman–Crippen MR) is 96.3 cm³/mol. The van der Waals surface area contributed by atoms with E-state index in [0.717, 1.165) is 36.2 Å². The summed E-state index contributed by atoms with van der Waals surface area (Å²) in [4.78, 5) is 14.5. The summed E-state index contributed by atoms with van der Waals surface area (Å²) < 4.78 is 0. The Morgan fingerprint density at radius 2 is 1.77 bits per heavy atom. The molecule has 0 fully saturated rings.